The van der Waals surface area contributed by atoms with E-state index in [-0.39, 0.29) is 5.50 Å². The van der Waals surface area contributed by atoms with Crippen LogP contribution >= 0.6 is 11.6 Å². The van der Waals surface area contributed by atoms with Crippen molar-refractivity contribution < 1.29 is 5.11 Å². The molecule has 3 nitrogen and oxygen atoms in total. The minimum atomic E-state index is -0.477. The molecule has 0 aromatic rings. The van der Waals surface area contributed by atoms with Crippen molar-refractivity contribution in [3.63, 3.8) is 0 Å². The number of nitrogens with zero attached hydrogens (tertiary/aromatic N) is 2. The molecule has 23 heavy (non-hydrogen) atoms. The first kappa shape index (κ1) is 20.8. The number of hydrogen-bond donors (Lipinski definition) is 1. The molecule has 2 unspecified atom stereocenters. The second-order valence-electron chi connectivity index (χ2n) is 6.90. The number of aliphatic hydroxyl groups is 1. The smallest absolute Gasteiger partial charge is 0.143 e. The Kier molecular flexibility index (Phi) is 11.8. The van der Waals surface area contributed by atoms with Crippen LogP contribution in [0.1, 0.15) is 97.3 Å². The second kappa shape index (κ2) is 13.1. The van der Waals surface area contributed by atoms with E-state index >= 15 is 0 Å². The molecule has 0 aromatic carbocycles. The maximum atomic E-state index is 9.72. The van der Waals surface area contributed by atoms with Crippen LogP contribution in [0.5, 0.6) is 0 Å². The zero-order valence-corrected chi connectivity index (χ0v) is 16.0. The summed E-state index contributed by atoms with van der Waals surface area (Å²) >= 11 is 6.06. The predicted molar refractivity (Wildman–Crippen MR) is 101 cm³/mol. The van der Waals surface area contributed by atoms with Crippen molar-refractivity contribution in [1.82, 2.24) is 4.90 Å². The van der Waals surface area contributed by atoms with Crippen molar-refractivity contribution in [2.45, 2.75) is 109 Å². The normalized spacial score (nSPS) is 19.2. The molecule has 0 fully saturated rings. The van der Waals surface area contributed by atoms with Gasteiger partial charge in [0.1, 0.15) is 17.6 Å². The molecule has 0 aliphatic carbocycles. The Balaban J connectivity index is 1.91. The van der Waals surface area contributed by atoms with E-state index < -0.39 is 6.23 Å². The summed E-state index contributed by atoms with van der Waals surface area (Å²) in [6.07, 6.45) is 16.8. The van der Waals surface area contributed by atoms with Gasteiger partial charge >= 0.3 is 0 Å². The summed E-state index contributed by atoms with van der Waals surface area (Å²) in [5, 5.41) is 9.72. The Morgan fingerprint density at radius 3 is 1.96 bits per heavy atom. The standard InChI is InChI=1S/C19H37ClN2O/c1-3-4-5-6-7-8-9-10-11-12-13-14-15-19-21-18(20)16-22(19)17(2)23/h17-18,23H,3-16H2,1-2H3. The van der Waals surface area contributed by atoms with E-state index in [0.29, 0.717) is 6.54 Å². The van der Waals surface area contributed by atoms with Crippen molar-refractivity contribution in [3.8, 4) is 0 Å². The Morgan fingerprint density at radius 1 is 1.00 bits per heavy atom. The molecule has 4 heteroatoms. The van der Waals surface area contributed by atoms with Crippen molar-refractivity contribution in [2.24, 2.45) is 4.99 Å². The fourth-order valence-corrected chi connectivity index (χ4v) is 3.51. The number of unbranched alkanes of at least 4 members (excludes halogenated alkanes) is 11. The molecule has 0 radical (unpaired) electrons. The molecule has 0 saturated heterocycles. The molecule has 0 saturated carbocycles. The lowest BCUT2D eigenvalue weighted by atomic mass is 10.0. The summed E-state index contributed by atoms with van der Waals surface area (Å²) in [7, 11) is 0. The van der Waals surface area contributed by atoms with Gasteiger partial charge in [0.25, 0.3) is 0 Å². The molecule has 1 aliphatic rings. The van der Waals surface area contributed by atoms with Crippen LogP contribution in [0.2, 0.25) is 0 Å². The first-order chi connectivity index (χ1) is 11.1. The lowest BCUT2D eigenvalue weighted by Gasteiger charge is -2.23. The third-order valence-electron chi connectivity index (χ3n) is 4.67. The average Bonchev–Trinajstić information content (AvgIpc) is 2.89. The average molecular weight is 345 g/mol. The van der Waals surface area contributed by atoms with E-state index in [1.165, 1.54) is 70.6 Å². The molecule has 0 aromatic heterocycles. The number of aliphatic hydroxyl groups excluding tert-OH is 1. The van der Waals surface area contributed by atoms with Gasteiger partial charge in [-0.15, -0.1) is 0 Å². The van der Waals surface area contributed by atoms with E-state index in [1.807, 2.05) is 4.90 Å². The zero-order valence-electron chi connectivity index (χ0n) is 15.3. The highest BCUT2D eigenvalue weighted by molar-refractivity contribution is 6.22. The van der Waals surface area contributed by atoms with Crippen LogP contribution in [-0.4, -0.2) is 34.1 Å². The van der Waals surface area contributed by atoms with Crippen LogP contribution < -0.4 is 0 Å². The minimum absolute atomic E-state index is 0.183. The van der Waals surface area contributed by atoms with E-state index in [0.717, 1.165) is 18.7 Å². The van der Waals surface area contributed by atoms with E-state index in [2.05, 4.69) is 11.9 Å². The van der Waals surface area contributed by atoms with Gasteiger partial charge in [0.15, 0.2) is 0 Å². The van der Waals surface area contributed by atoms with E-state index in [4.69, 9.17) is 11.6 Å². The lowest BCUT2D eigenvalue weighted by molar-refractivity contribution is 0.0754. The first-order valence-corrected chi connectivity index (χ1v) is 10.2. The van der Waals surface area contributed by atoms with Crippen LogP contribution in [0, 0.1) is 0 Å². The topological polar surface area (TPSA) is 35.8 Å². The minimum Gasteiger partial charge on any atom is -0.374 e. The monoisotopic (exact) mass is 344 g/mol. The van der Waals surface area contributed by atoms with Gasteiger partial charge in [-0.1, -0.05) is 89.2 Å². The fourth-order valence-electron chi connectivity index (χ4n) is 3.24. The molecule has 1 heterocycles. The second-order valence-corrected chi connectivity index (χ2v) is 7.41. The highest BCUT2D eigenvalue weighted by atomic mass is 35.5. The summed E-state index contributed by atoms with van der Waals surface area (Å²) in [6.45, 7) is 4.70. The van der Waals surface area contributed by atoms with Gasteiger partial charge in [0, 0.05) is 6.42 Å². The van der Waals surface area contributed by atoms with Gasteiger partial charge in [0.2, 0.25) is 0 Å². The van der Waals surface area contributed by atoms with Crippen molar-refractivity contribution in [3.05, 3.63) is 0 Å². The molecule has 1 aliphatic heterocycles. The van der Waals surface area contributed by atoms with E-state index in [9.17, 15) is 5.11 Å². The zero-order chi connectivity index (χ0) is 16.9. The van der Waals surface area contributed by atoms with Crippen molar-refractivity contribution in [1.29, 1.82) is 0 Å². The van der Waals surface area contributed by atoms with Crippen LogP contribution in [-0.2, 0) is 0 Å². The van der Waals surface area contributed by atoms with Crippen LogP contribution in [0.4, 0.5) is 0 Å². The molecule has 1 N–H and O–H groups in total. The molecule has 0 bridgehead atoms. The maximum absolute atomic E-state index is 9.72. The van der Waals surface area contributed by atoms with Crippen LogP contribution in [0.3, 0.4) is 0 Å². The number of halogens is 1. The van der Waals surface area contributed by atoms with E-state index in [1.54, 1.807) is 6.92 Å². The van der Waals surface area contributed by atoms with Gasteiger partial charge in [-0.2, -0.15) is 0 Å². The highest BCUT2D eigenvalue weighted by Crippen LogP contribution is 2.19. The number of hydrogen-bond acceptors (Lipinski definition) is 3. The molecule has 0 spiro atoms. The first-order valence-electron chi connectivity index (χ1n) is 9.80. The third-order valence-corrected chi connectivity index (χ3v) is 4.91. The Labute approximate surface area is 148 Å². The van der Waals surface area contributed by atoms with Crippen molar-refractivity contribution >= 4 is 17.4 Å². The summed E-state index contributed by atoms with van der Waals surface area (Å²) in [5.74, 6) is 0.993. The fraction of sp³-hybridized carbons (Fsp3) is 0.947. The largest absolute Gasteiger partial charge is 0.374 e. The Morgan fingerprint density at radius 2 is 1.48 bits per heavy atom. The molecule has 0 amide bonds. The summed E-state index contributed by atoms with van der Waals surface area (Å²) < 4.78 is 0. The Hall–Kier alpha value is -0.280. The number of amidine groups is 1. The van der Waals surface area contributed by atoms with Gasteiger partial charge in [0.05, 0.1) is 6.54 Å². The number of rotatable bonds is 14. The van der Waals surface area contributed by atoms with Crippen molar-refractivity contribution in [2.75, 3.05) is 6.54 Å². The quantitative estimate of drug-likeness (QED) is 0.249. The molecular formula is C19H37ClN2O. The highest BCUT2D eigenvalue weighted by Gasteiger charge is 2.25. The van der Waals surface area contributed by atoms with Gasteiger partial charge in [-0.3, -0.25) is 4.99 Å². The maximum Gasteiger partial charge on any atom is 0.143 e. The SMILES string of the molecule is CCCCCCCCCCCCCCC1=NC(Cl)CN1C(C)O. The molecule has 136 valence electrons. The molecule has 1 rings (SSSR count). The predicted octanol–water partition coefficient (Wildman–Crippen LogP) is 5.69. The van der Waals surface area contributed by atoms with Gasteiger partial charge in [-0.25, -0.2) is 0 Å². The third kappa shape index (κ3) is 9.56. The summed E-state index contributed by atoms with van der Waals surface area (Å²) in [5.41, 5.74) is -0.183. The number of alkyl halides is 1. The summed E-state index contributed by atoms with van der Waals surface area (Å²) in [4.78, 5) is 6.35. The van der Waals surface area contributed by atoms with Crippen LogP contribution in [0.15, 0.2) is 4.99 Å². The lowest BCUT2D eigenvalue weighted by Crippen LogP contribution is -2.36. The molecular weight excluding hydrogens is 308 g/mol. The van der Waals surface area contributed by atoms with Gasteiger partial charge < -0.3 is 10.0 Å². The molecule has 2 atom stereocenters. The Bertz CT molecular complexity index is 320. The van der Waals surface area contributed by atoms with Gasteiger partial charge in [-0.05, 0) is 13.3 Å². The van der Waals surface area contributed by atoms with Crippen LogP contribution in [0.25, 0.3) is 0 Å². The number of aliphatic imine (C=N–C) groups is 1. The summed E-state index contributed by atoms with van der Waals surface area (Å²) in [6, 6.07) is 0.